The highest BCUT2D eigenvalue weighted by Crippen LogP contribution is 2.28. The van der Waals surface area contributed by atoms with E-state index in [9.17, 15) is 0 Å². The zero-order chi connectivity index (χ0) is 9.26. The molecule has 1 N–H and O–H groups in total. The van der Waals surface area contributed by atoms with Crippen LogP contribution in [0.1, 0.15) is 6.92 Å². The van der Waals surface area contributed by atoms with Gasteiger partial charge in [0, 0.05) is 0 Å². The van der Waals surface area contributed by atoms with Crippen LogP contribution in [0, 0.1) is 0 Å². The van der Waals surface area contributed by atoms with E-state index in [-0.39, 0.29) is 0 Å². The maximum absolute atomic E-state index is 5.30. The molecule has 0 atom stereocenters. The fraction of sp³-hybridized carbons (Fsp3) is 0.250. The predicted octanol–water partition coefficient (Wildman–Crippen LogP) is 2.12. The standard InChI is InChI=1S/C8H8BrN3O/c1-2-13-8-6(9)7-5(3-10-8)11-4-12-7/h3-4H,2H2,1H3,(H,11,12). The number of aromatic amines is 1. The van der Waals surface area contributed by atoms with Crippen LogP contribution in [-0.2, 0) is 0 Å². The molecule has 0 radical (unpaired) electrons. The molecule has 0 bridgehead atoms. The van der Waals surface area contributed by atoms with Crippen LogP contribution in [0.15, 0.2) is 17.0 Å². The Hall–Kier alpha value is -1.10. The van der Waals surface area contributed by atoms with Crippen molar-refractivity contribution in [2.45, 2.75) is 6.92 Å². The normalized spacial score (nSPS) is 10.6. The van der Waals surface area contributed by atoms with Crippen molar-refractivity contribution in [3.63, 3.8) is 0 Å². The number of hydrogen-bond acceptors (Lipinski definition) is 3. The molecule has 0 aliphatic heterocycles. The van der Waals surface area contributed by atoms with E-state index in [1.807, 2.05) is 6.92 Å². The summed E-state index contributed by atoms with van der Waals surface area (Å²) in [5.74, 6) is 0.585. The summed E-state index contributed by atoms with van der Waals surface area (Å²) in [7, 11) is 0. The van der Waals surface area contributed by atoms with E-state index in [1.54, 1.807) is 12.5 Å². The quantitative estimate of drug-likeness (QED) is 0.877. The Balaban J connectivity index is 2.59. The molecule has 68 valence electrons. The number of rotatable bonds is 2. The van der Waals surface area contributed by atoms with E-state index in [0.717, 1.165) is 15.5 Å². The van der Waals surface area contributed by atoms with Gasteiger partial charge in [0.25, 0.3) is 0 Å². The topological polar surface area (TPSA) is 50.8 Å². The van der Waals surface area contributed by atoms with Gasteiger partial charge >= 0.3 is 0 Å². The molecule has 0 aliphatic rings. The van der Waals surface area contributed by atoms with Crippen molar-refractivity contribution >= 4 is 27.0 Å². The first kappa shape index (κ1) is 8.50. The summed E-state index contributed by atoms with van der Waals surface area (Å²) >= 11 is 3.39. The number of halogens is 1. The third-order valence-electron chi connectivity index (χ3n) is 1.66. The molecule has 0 unspecified atom stereocenters. The number of H-pyrrole nitrogens is 1. The zero-order valence-electron chi connectivity index (χ0n) is 7.04. The third kappa shape index (κ3) is 1.39. The zero-order valence-corrected chi connectivity index (χ0v) is 8.63. The SMILES string of the molecule is CCOc1ncc2[nH]cnc2c1Br. The smallest absolute Gasteiger partial charge is 0.230 e. The number of aromatic nitrogens is 3. The van der Waals surface area contributed by atoms with Crippen LogP contribution >= 0.6 is 15.9 Å². The monoisotopic (exact) mass is 241 g/mol. The summed E-state index contributed by atoms with van der Waals surface area (Å²) in [6.45, 7) is 2.52. The number of nitrogens with one attached hydrogen (secondary N) is 1. The molecule has 0 amide bonds. The summed E-state index contributed by atoms with van der Waals surface area (Å²) in [6.07, 6.45) is 3.34. The largest absolute Gasteiger partial charge is 0.477 e. The molecule has 0 aromatic carbocycles. The van der Waals surface area contributed by atoms with Crippen LogP contribution in [-0.4, -0.2) is 21.6 Å². The fourth-order valence-corrected chi connectivity index (χ4v) is 1.63. The Morgan fingerprint density at radius 2 is 2.38 bits per heavy atom. The second-order valence-corrected chi connectivity index (χ2v) is 3.27. The Bertz CT molecular complexity index is 426. The van der Waals surface area contributed by atoms with Crippen LogP contribution < -0.4 is 4.74 Å². The van der Waals surface area contributed by atoms with Crippen LogP contribution in [0.5, 0.6) is 5.88 Å². The van der Waals surface area contributed by atoms with E-state index in [0.29, 0.717) is 12.5 Å². The fourth-order valence-electron chi connectivity index (χ4n) is 1.10. The Morgan fingerprint density at radius 3 is 3.15 bits per heavy atom. The molecule has 2 aromatic rings. The molecule has 4 nitrogen and oxygen atoms in total. The lowest BCUT2D eigenvalue weighted by molar-refractivity contribution is 0.325. The molecule has 2 rings (SSSR count). The number of nitrogens with zero attached hydrogens (tertiary/aromatic N) is 2. The van der Waals surface area contributed by atoms with E-state index in [4.69, 9.17) is 4.74 Å². The molecule has 5 heteroatoms. The van der Waals surface area contributed by atoms with Gasteiger partial charge in [0.1, 0.15) is 9.99 Å². The lowest BCUT2D eigenvalue weighted by Gasteiger charge is -2.03. The minimum atomic E-state index is 0.585. The summed E-state index contributed by atoms with van der Waals surface area (Å²) < 4.78 is 6.10. The second kappa shape index (κ2) is 3.33. The van der Waals surface area contributed by atoms with Crippen molar-refractivity contribution in [1.82, 2.24) is 15.0 Å². The lowest BCUT2D eigenvalue weighted by Crippen LogP contribution is -1.95. The van der Waals surface area contributed by atoms with E-state index in [2.05, 4.69) is 30.9 Å². The van der Waals surface area contributed by atoms with Gasteiger partial charge in [-0.25, -0.2) is 9.97 Å². The van der Waals surface area contributed by atoms with Crippen LogP contribution in [0.25, 0.3) is 11.0 Å². The first-order chi connectivity index (χ1) is 6.33. The van der Waals surface area contributed by atoms with Gasteiger partial charge in [0.05, 0.1) is 24.6 Å². The molecule has 0 fully saturated rings. The van der Waals surface area contributed by atoms with Gasteiger partial charge in [-0.3, -0.25) is 0 Å². The average molecular weight is 242 g/mol. The highest BCUT2D eigenvalue weighted by atomic mass is 79.9. The number of hydrogen-bond donors (Lipinski definition) is 1. The summed E-state index contributed by atoms with van der Waals surface area (Å²) in [5.41, 5.74) is 1.74. The van der Waals surface area contributed by atoms with Crippen molar-refractivity contribution < 1.29 is 4.74 Å². The Kier molecular flexibility index (Phi) is 2.18. The van der Waals surface area contributed by atoms with Crippen LogP contribution in [0.3, 0.4) is 0 Å². The van der Waals surface area contributed by atoms with Crippen LogP contribution in [0.2, 0.25) is 0 Å². The molecule has 0 saturated carbocycles. The van der Waals surface area contributed by atoms with Crippen molar-refractivity contribution in [1.29, 1.82) is 0 Å². The minimum absolute atomic E-state index is 0.585. The van der Waals surface area contributed by atoms with Gasteiger partial charge in [-0.05, 0) is 22.9 Å². The Labute approximate surface area is 83.5 Å². The number of pyridine rings is 1. The maximum Gasteiger partial charge on any atom is 0.230 e. The minimum Gasteiger partial charge on any atom is -0.477 e. The van der Waals surface area contributed by atoms with Gasteiger partial charge in [-0.2, -0.15) is 0 Å². The van der Waals surface area contributed by atoms with E-state index in [1.165, 1.54) is 0 Å². The molecule has 2 heterocycles. The van der Waals surface area contributed by atoms with Gasteiger partial charge in [0.15, 0.2) is 0 Å². The number of imidazole rings is 1. The van der Waals surface area contributed by atoms with Gasteiger partial charge in [-0.1, -0.05) is 0 Å². The van der Waals surface area contributed by atoms with Crippen molar-refractivity contribution in [2.24, 2.45) is 0 Å². The van der Waals surface area contributed by atoms with E-state index < -0.39 is 0 Å². The average Bonchev–Trinajstić information content (AvgIpc) is 2.58. The lowest BCUT2D eigenvalue weighted by atomic mass is 10.4. The molecule has 0 aliphatic carbocycles. The predicted molar refractivity (Wildman–Crippen MR) is 52.8 cm³/mol. The van der Waals surface area contributed by atoms with Crippen molar-refractivity contribution in [3.8, 4) is 5.88 Å². The van der Waals surface area contributed by atoms with Crippen molar-refractivity contribution in [3.05, 3.63) is 17.0 Å². The van der Waals surface area contributed by atoms with Gasteiger partial charge in [-0.15, -0.1) is 0 Å². The van der Waals surface area contributed by atoms with Crippen molar-refractivity contribution in [2.75, 3.05) is 6.61 Å². The molecular weight excluding hydrogens is 234 g/mol. The third-order valence-corrected chi connectivity index (χ3v) is 2.37. The number of fused-ring (bicyclic) bond motifs is 1. The van der Waals surface area contributed by atoms with E-state index >= 15 is 0 Å². The summed E-state index contributed by atoms with van der Waals surface area (Å²) in [6, 6.07) is 0. The molecular formula is C8H8BrN3O. The summed E-state index contributed by atoms with van der Waals surface area (Å²) in [4.78, 5) is 11.2. The first-order valence-corrected chi connectivity index (χ1v) is 4.72. The molecule has 0 spiro atoms. The van der Waals surface area contributed by atoms with Gasteiger partial charge < -0.3 is 9.72 Å². The molecule has 13 heavy (non-hydrogen) atoms. The van der Waals surface area contributed by atoms with Crippen LogP contribution in [0.4, 0.5) is 0 Å². The highest BCUT2D eigenvalue weighted by molar-refractivity contribution is 9.10. The maximum atomic E-state index is 5.30. The second-order valence-electron chi connectivity index (χ2n) is 2.48. The molecule has 0 saturated heterocycles. The summed E-state index contributed by atoms with van der Waals surface area (Å²) in [5, 5.41) is 0. The first-order valence-electron chi connectivity index (χ1n) is 3.93. The Morgan fingerprint density at radius 1 is 1.54 bits per heavy atom. The highest BCUT2D eigenvalue weighted by Gasteiger charge is 2.08. The van der Waals surface area contributed by atoms with Gasteiger partial charge in [0.2, 0.25) is 5.88 Å². The number of ether oxygens (including phenoxy) is 1. The molecule has 2 aromatic heterocycles.